The van der Waals surface area contributed by atoms with Crippen LogP contribution >= 0.6 is 0 Å². The minimum Gasteiger partial charge on any atom is -0.171 e. The summed E-state index contributed by atoms with van der Waals surface area (Å²) in [6, 6.07) is 0. The summed E-state index contributed by atoms with van der Waals surface area (Å²) in [5.74, 6) is 0. The smallest absolute Gasteiger partial charge is 0.171 e. The maximum atomic E-state index is 12.3. The van der Waals surface area contributed by atoms with Crippen LogP contribution in [0.5, 0.6) is 0 Å². The van der Waals surface area contributed by atoms with E-state index < -0.39 is 11.6 Å². The third-order valence-electron chi connectivity index (χ3n) is 2.11. The van der Waals surface area contributed by atoms with Crippen molar-refractivity contribution in [2.24, 2.45) is 5.41 Å². The van der Waals surface area contributed by atoms with Gasteiger partial charge in [0.2, 0.25) is 0 Å². The lowest BCUT2D eigenvalue weighted by atomic mass is 9.87. The Bertz CT molecular complexity index is 165. The van der Waals surface area contributed by atoms with Crippen LogP contribution in [0.2, 0.25) is 0 Å². The Morgan fingerprint density at radius 3 is 2.00 bits per heavy atom. The molecule has 0 bridgehead atoms. The topological polar surface area (TPSA) is 0 Å². The van der Waals surface area contributed by atoms with Crippen molar-refractivity contribution in [3.05, 3.63) is 12.2 Å². The Kier molecular flexibility index (Phi) is 4.51. The zero-order valence-electron chi connectivity index (χ0n) is 8.41. The number of allylic oxidation sites excluding steroid dienone is 2. The first-order valence-electron chi connectivity index (χ1n) is 4.53. The van der Waals surface area contributed by atoms with E-state index in [1.165, 1.54) is 13.8 Å². The van der Waals surface area contributed by atoms with Gasteiger partial charge < -0.3 is 0 Å². The summed E-state index contributed by atoms with van der Waals surface area (Å²) >= 11 is 0. The molecule has 0 nitrogen and oxygen atoms in total. The van der Waals surface area contributed by atoms with Crippen molar-refractivity contribution in [1.29, 1.82) is 0 Å². The maximum Gasteiger partial charge on any atom is 0.393 e. The average molecular weight is 194 g/mol. The highest BCUT2D eigenvalue weighted by molar-refractivity contribution is 4.85. The maximum absolute atomic E-state index is 12.3. The van der Waals surface area contributed by atoms with E-state index >= 15 is 0 Å². The molecule has 0 aliphatic rings. The molecule has 0 atom stereocenters. The van der Waals surface area contributed by atoms with E-state index in [1.54, 1.807) is 0 Å². The lowest BCUT2D eigenvalue weighted by molar-refractivity contribution is -0.213. The molecule has 0 aliphatic carbocycles. The molecule has 0 aromatic carbocycles. The van der Waals surface area contributed by atoms with Gasteiger partial charge in [-0.2, -0.15) is 13.2 Å². The third-order valence-corrected chi connectivity index (χ3v) is 2.11. The summed E-state index contributed by atoms with van der Waals surface area (Å²) in [6.45, 7) is 4.45. The highest BCUT2D eigenvalue weighted by Crippen LogP contribution is 2.41. The van der Waals surface area contributed by atoms with Crippen molar-refractivity contribution < 1.29 is 13.2 Å². The molecule has 0 amide bonds. The summed E-state index contributed by atoms with van der Waals surface area (Å²) in [6.07, 6.45) is 1.16. The molecule has 0 rings (SSSR count). The van der Waals surface area contributed by atoms with Gasteiger partial charge in [-0.1, -0.05) is 32.9 Å². The van der Waals surface area contributed by atoms with E-state index in [1.807, 2.05) is 19.1 Å². The number of rotatable bonds is 4. The number of hydrogen-bond acceptors (Lipinski definition) is 0. The number of halogens is 3. The molecule has 3 heteroatoms. The van der Waals surface area contributed by atoms with Gasteiger partial charge in [0, 0.05) is 0 Å². The molecule has 0 spiro atoms. The van der Waals surface area contributed by atoms with Gasteiger partial charge in [-0.15, -0.1) is 0 Å². The molecule has 78 valence electrons. The van der Waals surface area contributed by atoms with Crippen molar-refractivity contribution in [3.8, 4) is 0 Å². The Morgan fingerprint density at radius 1 is 1.08 bits per heavy atom. The van der Waals surface area contributed by atoms with Gasteiger partial charge in [0.25, 0.3) is 0 Å². The third kappa shape index (κ3) is 4.34. The molecule has 0 aromatic heterocycles. The second-order valence-electron chi connectivity index (χ2n) is 3.80. The number of alkyl halides is 3. The fourth-order valence-electron chi connectivity index (χ4n) is 0.870. The minimum atomic E-state index is -4.09. The molecule has 0 saturated heterocycles. The molecule has 0 radical (unpaired) electrons. The summed E-state index contributed by atoms with van der Waals surface area (Å²) in [7, 11) is 0. The van der Waals surface area contributed by atoms with E-state index in [9.17, 15) is 13.2 Å². The van der Waals surface area contributed by atoms with Crippen LogP contribution in [-0.4, -0.2) is 6.18 Å². The standard InChI is InChI=1S/C10H17F3/c1-4-5-6-7-8-9(2,3)10(11,12)13/h5-6H,4,7-8H2,1-3H3. The Labute approximate surface area is 77.8 Å². The molecule has 0 unspecified atom stereocenters. The highest BCUT2D eigenvalue weighted by atomic mass is 19.4. The average Bonchev–Trinajstić information content (AvgIpc) is 1.96. The quantitative estimate of drug-likeness (QED) is 0.584. The van der Waals surface area contributed by atoms with E-state index in [-0.39, 0.29) is 6.42 Å². The van der Waals surface area contributed by atoms with Crippen molar-refractivity contribution in [2.75, 3.05) is 0 Å². The van der Waals surface area contributed by atoms with E-state index in [4.69, 9.17) is 0 Å². The predicted octanol–water partition coefficient (Wildman–Crippen LogP) is 4.32. The van der Waals surface area contributed by atoms with Gasteiger partial charge in [-0.3, -0.25) is 0 Å². The zero-order valence-corrected chi connectivity index (χ0v) is 8.41. The summed E-state index contributed by atoms with van der Waals surface area (Å²) in [5, 5.41) is 0. The van der Waals surface area contributed by atoms with Gasteiger partial charge in [-0.25, -0.2) is 0 Å². The first kappa shape index (κ1) is 12.5. The van der Waals surface area contributed by atoms with Crippen molar-refractivity contribution in [2.45, 2.75) is 46.2 Å². The lowest BCUT2D eigenvalue weighted by Crippen LogP contribution is -2.31. The van der Waals surface area contributed by atoms with Crippen LogP contribution in [0.15, 0.2) is 12.2 Å². The zero-order chi connectivity index (χ0) is 10.5. The van der Waals surface area contributed by atoms with Gasteiger partial charge >= 0.3 is 6.18 Å². The van der Waals surface area contributed by atoms with Crippen molar-refractivity contribution in [3.63, 3.8) is 0 Å². The number of hydrogen-bond donors (Lipinski definition) is 0. The van der Waals surface area contributed by atoms with E-state index in [2.05, 4.69) is 0 Å². The van der Waals surface area contributed by atoms with Crippen LogP contribution in [0.25, 0.3) is 0 Å². The highest BCUT2D eigenvalue weighted by Gasteiger charge is 2.46. The molecule has 0 saturated carbocycles. The van der Waals surface area contributed by atoms with Crippen LogP contribution < -0.4 is 0 Å². The molecule has 0 fully saturated rings. The molecular weight excluding hydrogens is 177 g/mol. The Hall–Kier alpha value is -0.470. The van der Waals surface area contributed by atoms with Crippen molar-refractivity contribution in [1.82, 2.24) is 0 Å². The Morgan fingerprint density at radius 2 is 1.62 bits per heavy atom. The fraction of sp³-hybridized carbons (Fsp3) is 0.800. The van der Waals surface area contributed by atoms with Crippen LogP contribution in [0.1, 0.15) is 40.0 Å². The second kappa shape index (κ2) is 4.68. The summed E-state index contributed by atoms with van der Waals surface area (Å²) < 4.78 is 37.0. The summed E-state index contributed by atoms with van der Waals surface area (Å²) in [4.78, 5) is 0. The largest absolute Gasteiger partial charge is 0.393 e. The van der Waals surface area contributed by atoms with Gasteiger partial charge in [0.15, 0.2) is 0 Å². The van der Waals surface area contributed by atoms with Crippen LogP contribution in [0.3, 0.4) is 0 Å². The first-order valence-corrected chi connectivity index (χ1v) is 4.53. The fourth-order valence-corrected chi connectivity index (χ4v) is 0.870. The van der Waals surface area contributed by atoms with Gasteiger partial charge in [0.1, 0.15) is 0 Å². The molecule has 0 aromatic rings. The lowest BCUT2D eigenvalue weighted by Gasteiger charge is -2.26. The first-order chi connectivity index (χ1) is 5.81. The van der Waals surface area contributed by atoms with Crippen LogP contribution in [-0.2, 0) is 0 Å². The van der Waals surface area contributed by atoms with Crippen LogP contribution in [0.4, 0.5) is 13.2 Å². The molecular formula is C10H17F3. The predicted molar refractivity (Wildman–Crippen MR) is 48.5 cm³/mol. The Balaban J connectivity index is 3.97. The van der Waals surface area contributed by atoms with Gasteiger partial charge in [0.05, 0.1) is 5.41 Å². The minimum absolute atomic E-state index is 0.160. The molecule has 13 heavy (non-hydrogen) atoms. The van der Waals surface area contributed by atoms with Crippen molar-refractivity contribution >= 4 is 0 Å². The molecule has 0 aliphatic heterocycles. The monoisotopic (exact) mass is 194 g/mol. The van der Waals surface area contributed by atoms with E-state index in [0.29, 0.717) is 6.42 Å². The summed E-state index contributed by atoms with van der Waals surface area (Å²) in [5.41, 5.74) is -1.56. The van der Waals surface area contributed by atoms with Crippen LogP contribution in [0, 0.1) is 5.41 Å². The second-order valence-corrected chi connectivity index (χ2v) is 3.80. The van der Waals surface area contributed by atoms with Gasteiger partial charge in [-0.05, 0) is 19.3 Å². The molecule has 0 N–H and O–H groups in total. The van der Waals surface area contributed by atoms with E-state index in [0.717, 1.165) is 6.42 Å². The normalized spacial score (nSPS) is 14.0. The SMILES string of the molecule is CCC=CCCC(C)(C)C(F)(F)F. The molecule has 0 heterocycles.